The number of piperidine rings is 1. The van der Waals surface area contributed by atoms with Crippen molar-refractivity contribution >= 4 is 38.9 Å². The molecule has 0 spiro atoms. The van der Waals surface area contributed by atoms with Crippen molar-refractivity contribution in [2.45, 2.75) is 20.3 Å². The van der Waals surface area contributed by atoms with Crippen molar-refractivity contribution in [3.63, 3.8) is 0 Å². The first-order valence-electron chi connectivity index (χ1n) is 6.36. The zero-order chi connectivity index (χ0) is 13.1. The van der Waals surface area contributed by atoms with Gasteiger partial charge in [-0.25, -0.2) is 0 Å². The third-order valence-electron chi connectivity index (χ3n) is 3.25. The van der Waals surface area contributed by atoms with Crippen LogP contribution in [-0.4, -0.2) is 23.1 Å². The van der Waals surface area contributed by atoms with E-state index in [9.17, 15) is 0 Å². The van der Waals surface area contributed by atoms with Crippen LogP contribution in [0.2, 0.25) is 0 Å². The summed E-state index contributed by atoms with van der Waals surface area (Å²) in [7, 11) is 0. The molecule has 98 valence electrons. The first-order valence-corrected chi connectivity index (χ1v) is 7.56. The molecule has 1 saturated heterocycles. The molecule has 0 aliphatic carbocycles. The summed E-state index contributed by atoms with van der Waals surface area (Å²) in [5.74, 6) is 1.44. The molecular weight excluding hydrogens is 308 g/mol. The second kappa shape index (κ2) is 6.02. The maximum absolute atomic E-state index is 5.50. The van der Waals surface area contributed by atoms with Gasteiger partial charge in [0.05, 0.1) is 0 Å². The Kier molecular flexibility index (Phi) is 4.62. The lowest BCUT2D eigenvalue weighted by atomic mass is 9.92. The largest absolute Gasteiger partial charge is 0.348 e. The highest BCUT2D eigenvalue weighted by Gasteiger charge is 2.23. The van der Waals surface area contributed by atoms with Crippen molar-refractivity contribution < 1.29 is 0 Å². The van der Waals surface area contributed by atoms with Crippen molar-refractivity contribution in [1.29, 1.82) is 0 Å². The molecule has 1 fully saturated rings. The van der Waals surface area contributed by atoms with Gasteiger partial charge >= 0.3 is 0 Å². The molecule has 1 aliphatic heterocycles. The van der Waals surface area contributed by atoms with Gasteiger partial charge < -0.3 is 10.2 Å². The molecule has 1 aliphatic rings. The third kappa shape index (κ3) is 3.69. The molecule has 0 amide bonds. The molecule has 2 nitrogen and oxygen atoms in total. The molecule has 1 heterocycles. The number of halogens is 1. The molecule has 0 bridgehead atoms. The van der Waals surface area contributed by atoms with E-state index in [1.165, 1.54) is 6.42 Å². The summed E-state index contributed by atoms with van der Waals surface area (Å²) in [5.41, 5.74) is 1.05. The number of nitrogens with zero attached hydrogens (tertiary/aromatic N) is 1. The second-order valence-electron chi connectivity index (χ2n) is 5.29. The second-order valence-corrected chi connectivity index (χ2v) is 6.59. The van der Waals surface area contributed by atoms with Crippen LogP contribution in [0.15, 0.2) is 28.7 Å². The van der Waals surface area contributed by atoms with Crippen molar-refractivity contribution in [2.24, 2.45) is 11.8 Å². The number of anilines is 1. The molecule has 1 N–H and O–H groups in total. The Balaban J connectivity index is 1.97. The number of thiocarbonyl (C=S) groups is 1. The summed E-state index contributed by atoms with van der Waals surface area (Å²) in [5, 5.41) is 4.16. The van der Waals surface area contributed by atoms with E-state index in [-0.39, 0.29) is 0 Å². The van der Waals surface area contributed by atoms with E-state index in [0.717, 1.165) is 40.2 Å². The maximum atomic E-state index is 5.50. The predicted octanol–water partition coefficient (Wildman–Crippen LogP) is 4.12. The lowest BCUT2D eigenvalue weighted by molar-refractivity contribution is 0.216. The van der Waals surface area contributed by atoms with Gasteiger partial charge in [0.2, 0.25) is 0 Å². The quantitative estimate of drug-likeness (QED) is 0.781. The molecule has 4 heteroatoms. The van der Waals surface area contributed by atoms with Gasteiger partial charge in [-0.05, 0) is 54.7 Å². The minimum atomic E-state index is 0.721. The highest BCUT2D eigenvalue weighted by Crippen LogP contribution is 2.22. The lowest BCUT2D eigenvalue weighted by Gasteiger charge is -2.36. The molecule has 0 aromatic heterocycles. The normalized spacial score (nSPS) is 23.8. The van der Waals surface area contributed by atoms with Crippen LogP contribution in [0.4, 0.5) is 5.69 Å². The van der Waals surface area contributed by atoms with Gasteiger partial charge in [-0.15, -0.1) is 0 Å². The average molecular weight is 327 g/mol. The summed E-state index contributed by atoms with van der Waals surface area (Å²) < 4.78 is 1.08. The van der Waals surface area contributed by atoms with Gasteiger partial charge in [-0.1, -0.05) is 29.8 Å². The first kappa shape index (κ1) is 13.8. The number of hydrogen-bond donors (Lipinski definition) is 1. The van der Waals surface area contributed by atoms with Gasteiger partial charge in [-0.2, -0.15) is 0 Å². The summed E-state index contributed by atoms with van der Waals surface area (Å²) in [4.78, 5) is 2.29. The molecule has 18 heavy (non-hydrogen) atoms. The van der Waals surface area contributed by atoms with Crippen LogP contribution in [0.3, 0.4) is 0 Å². The molecule has 2 unspecified atom stereocenters. The molecular formula is C14H19BrN2S. The van der Waals surface area contributed by atoms with Crippen molar-refractivity contribution in [3.8, 4) is 0 Å². The fourth-order valence-corrected chi connectivity index (χ4v) is 3.10. The fourth-order valence-electron chi connectivity index (χ4n) is 2.56. The van der Waals surface area contributed by atoms with Gasteiger partial charge in [0.1, 0.15) is 0 Å². The SMILES string of the molecule is CC1CC(C)CN(C(=S)Nc2ccc(Br)cc2)C1. The van der Waals surface area contributed by atoms with E-state index in [2.05, 4.69) is 40.0 Å². The molecule has 1 aromatic rings. The highest BCUT2D eigenvalue weighted by molar-refractivity contribution is 9.10. The van der Waals surface area contributed by atoms with E-state index in [4.69, 9.17) is 12.2 Å². The molecule has 1 aromatic carbocycles. The van der Waals surface area contributed by atoms with E-state index < -0.39 is 0 Å². The van der Waals surface area contributed by atoms with Crippen LogP contribution >= 0.6 is 28.1 Å². The highest BCUT2D eigenvalue weighted by atomic mass is 79.9. The van der Waals surface area contributed by atoms with E-state index in [1.54, 1.807) is 0 Å². The minimum absolute atomic E-state index is 0.721. The minimum Gasteiger partial charge on any atom is -0.348 e. The Hall–Kier alpha value is -0.610. The van der Waals surface area contributed by atoms with Gasteiger partial charge in [0, 0.05) is 23.2 Å². The molecule has 2 atom stereocenters. The van der Waals surface area contributed by atoms with Gasteiger partial charge in [0.25, 0.3) is 0 Å². The zero-order valence-corrected chi connectivity index (χ0v) is 13.2. The van der Waals surface area contributed by atoms with Gasteiger partial charge in [-0.3, -0.25) is 0 Å². The number of hydrogen-bond acceptors (Lipinski definition) is 1. The molecule has 0 saturated carbocycles. The van der Waals surface area contributed by atoms with Crippen molar-refractivity contribution in [2.75, 3.05) is 18.4 Å². The number of rotatable bonds is 1. The van der Waals surface area contributed by atoms with E-state index in [1.807, 2.05) is 24.3 Å². The lowest BCUT2D eigenvalue weighted by Crippen LogP contribution is -2.44. The molecule has 2 rings (SSSR count). The van der Waals surface area contributed by atoms with Crippen LogP contribution in [0, 0.1) is 11.8 Å². The van der Waals surface area contributed by atoms with Crippen LogP contribution < -0.4 is 5.32 Å². The van der Waals surface area contributed by atoms with Crippen LogP contribution in [0.25, 0.3) is 0 Å². The maximum Gasteiger partial charge on any atom is 0.173 e. The van der Waals surface area contributed by atoms with E-state index >= 15 is 0 Å². The predicted molar refractivity (Wildman–Crippen MR) is 84.9 cm³/mol. The number of likely N-dealkylation sites (tertiary alicyclic amines) is 1. The van der Waals surface area contributed by atoms with Crippen molar-refractivity contribution in [1.82, 2.24) is 4.90 Å². The van der Waals surface area contributed by atoms with Crippen LogP contribution in [-0.2, 0) is 0 Å². The molecule has 0 radical (unpaired) electrons. The van der Waals surface area contributed by atoms with E-state index in [0.29, 0.717) is 0 Å². The van der Waals surface area contributed by atoms with Gasteiger partial charge in [0.15, 0.2) is 5.11 Å². The standard InChI is InChI=1S/C14H19BrN2S/c1-10-7-11(2)9-17(8-10)14(18)16-13-5-3-12(15)4-6-13/h3-6,10-11H,7-9H2,1-2H3,(H,16,18). The number of benzene rings is 1. The number of nitrogens with one attached hydrogen (secondary N) is 1. The summed E-state index contributed by atoms with van der Waals surface area (Å²) in [6, 6.07) is 8.11. The summed E-state index contributed by atoms with van der Waals surface area (Å²) in [6.45, 7) is 6.72. The first-order chi connectivity index (χ1) is 8.54. The Bertz CT molecular complexity index is 408. The fraction of sp³-hybridized carbons (Fsp3) is 0.500. The Morgan fingerprint density at radius 3 is 2.33 bits per heavy atom. The Morgan fingerprint density at radius 1 is 1.22 bits per heavy atom. The smallest absolute Gasteiger partial charge is 0.173 e. The zero-order valence-electron chi connectivity index (χ0n) is 10.8. The topological polar surface area (TPSA) is 15.3 Å². The van der Waals surface area contributed by atoms with Crippen molar-refractivity contribution in [3.05, 3.63) is 28.7 Å². The monoisotopic (exact) mass is 326 g/mol. The Morgan fingerprint density at radius 2 is 1.78 bits per heavy atom. The third-order valence-corrected chi connectivity index (χ3v) is 4.14. The summed E-state index contributed by atoms with van der Waals surface area (Å²) in [6.07, 6.45) is 1.30. The average Bonchev–Trinajstić information content (AvgIpc) is 2.31. The van der Waals surface area contributed by atoms with Crippen LogP contribution in [0.5, 0.6) is 0 Å². The van der Waals surface area contributed by atoms with Crippen LogP contribution in [0.1, 0.15) is 20.3 Å². The Labute approximate surface area is 123 Å². The summed E-state index contributed by atoms with van der Waals surface area (Å²) >= 11 is 8.93.